The van der Waals surface area contributed by atoms with Crippen molar-refractivity contribution in [1.29, 1.82) is 0 Å². The van der Waals surface area contributed by atoms with E-state index in [-0.39, 0.29) is 0 Å². The number of rotatable bonds is 4. The molecule has 0 aliphatic carbocycles. The van der Waals surface area contributed by atoms with E-state index in [0.717, 1.165) is 25.1 Å². The Hall–Kier alpha value is -0.930. The van der Waals surface area contributed by atoms with E-state index in [2.05, 4.69) is 5.32 Å². The molecule has 1 heterocycles. The molecule has 1 fully saturated rings. The predicted octanol–water partition coefficient (Wildman–Crippen LogP) is 2.90. The number of benzene rings is 1. The van der Waals surface area contributed by atoms with Crippen molar-refractivity contribution in [3.63, 3.8) is 0 Å². The van der Waals surface area contributed by atoms with E-state index >= 15 is 0 Å². The summed E-state index contributed by atoms with van der Waals surface area (Å²) in [6.07, 6.45) is 3.50. The molecule has 1 aromatic carbocycles. The van der Waals surface area contributed by atoms with Crippen LogP contribution in [0.4, 0.5) is 0 Å². The molecule has 0 saturated carbocycles. The third-order valence-corrected chi connectivity index (χ3v) is 3.89. The fraction of sp³-hybridized carbons (Fsp3) is 0.571. The molecule has 0 bridgehead atoms. The molecule has 1 unspecified atom stereocenters. The van der Waals surface area contributed by atoms with Gasteiger partial charge in [0.25, 0.3) is 0 Å². The van der Waals surface area contributed by atoms with Gasteiger partial charge in [-0.2, -0.15) is 0 Å². The van der Waals surface area contributed by atoms with E-state index in [1.807, 2.05) is 12.1 Å². The lowest BCUT2D eigenvalue weighted by Gasteiger charge is -2.23. The zero-order valence-electron chi connectivity index (χ0n) is 11.0. The molecule has 3 nitrogen and oxygen atoms in total. The van der Waals surface area contributed by atoms with Crippen molar-refractivity contribution >= 4 is 11.6 Å². The molecule has 0 radical (unpaired) electrons. The molecule has 1 saturated heterocycles. The van der Waals surface area contributed by atoms with Gasteiger partial charge in [0.2, 0.25) is 0 Å². The first-order chi connectivity index (χ1) is 8.76. The maximum atomic E-state index is 6.39. The van der Waals surface area contributed by atoms with Crippen LogP contribution < -0.4 is 14.8 Å². The minimum atomic E-state index is 0.639. The lowest BCUT2D eigenvalue weighted by atomic mass is 9.92. The number of piperidine rings is 1. The van der Waals surface area contributed by atoms with Crippen LogP contribution in [-0.2, 0) is 6.42 Å². The number of halogens is 1. The van der Waals surface area contributed by atoms with Crippen molar-refractivity contribution < 1.29 is 9.47 Å². The Morgan fingerprint density at radius 3 is 2.78 bits per heavy atom. The van der Waals surface area contributed by atoms with Gasteiger partial charge in [0.1, 0.15) is 0 Å². The minimum absolute atomic E-state index is 0.639. The first-order valence-corrected chi connectivity index (χ1v) is 6.74. The van der Waals surface area contributed by atoms with E-state index < -0.39 is 0 Å². The quantitative estimate of drug-likeness (QED) is 0.912. The summed E-state index contributed by atoms with van der Waals surface area (Å²) < 4.78 is 10.6. The van der Waals surface area contributed by atoms with Crippen LogP contribution in [-0.4, -0.2) is 27.3 Å². The smallest absolute Gasteiger partial charge is 0.179 e. The molecule has 0 spiro atoms. The Bertz CT molecular complexity index is 403. The third-order valence-electron chi connectivity index (χ3n) is 3.47. The number of methoxy groups -OCH3 is 2. The van der Waals surface area contributed by atoms with Gasteiger partial charge in [-0.05, 0) is 49.9 Å². The second-order valence-corrected chi connectivity index (χ2v) is 5.07. The second-order valence-electron chi connectivity index (χ2n) is 4.69. The Morgan fingerprint density at radius 1 is 1.33 bits per heavy atom. The van der Waals surface area contributed by atoms with Gasteiger partial charge in [-0.3, -0.25) is 0 Å². The summed E-state index contributed by atoms with van der Waals surface area (Å²) in [5.74, 6) is 1.99. The molecule has 0 amide bonds. The van der Waals surface area contributed by atoms with Crippen molar-refractivity contribution in [2.75, 3.05) is 27.3 Å². The minimum Gasteiger partial charge on any atom is -0.493 e. The lowest BCUT2D eigenvalue weighted by molar-refractivity contribution is 0.352. The zero-order valence-corrected chi connectivity index (χ0v) is 11.7. The number of ether oxygens (including phenoxy) is 2. The van der Waals surface area contributed by atoms with Crippen molar-refractivity contribution in [2.24, 2.45) is 5.92 Å². The highest BCUT2D eigenvalue weighted by molar-refractivity contribution is 6.33. The molecule has 100 valence electrons. The lowest BCUT2D eigenvalue weighted by Crippen LogP contribution is -2.30. The summed E-state index contributed by atoms with van der Waals surface area (Å²) in [6.45, 7) is 2.21. The SMILES string of the molecule is COc1ccc(CC2CCCNC2)c(Cl)c1OC. The number of nitrogens with one attached hydrogen (secondary N) is 1. The van der Waals surface area contributed by atoms with Crippen molar-refractivity contribution in [3.05, 3.63) is 22.7 Å². The normalized spacial score (nSPS) is 19.6. The molecule has 0 aromatic heterocycles. The number of hydrogen-bond donors (Lipinski definition) is 1. The monoisotopic (exact) mass is 269 g/mol. The van der Waals surface area contributed by atoms with E-state index in [0.29, 0.717) is 22.4 Å². The molecule has 1 aromatic rings. The van der Waals surface area contributed by atoms with Crippen LogP contribution in [0.2, 0.25) is 5.02 Å². The van der Waals surface area contributed by atoms with E-state index in [1.165, 1.54) is 12.8 Å². The van der Waals surface area contributed by atoms with Gasteiger partial charge < -0.3 is 14.8 Å². The Labute approximate surface area is 113 Å². The maximum absolute atomic E-state index is 6.39. The molecule has 18 heavy (non-hydrogen) atoms. The van der Waals surface area contributed by atoms with Crippen LogP contribution in [0, 0.1) is 5.92 Å². The molecule has 4 heteroatoms. The molecule has 1 aliphatic rings. The van der Waals surface area contributed by atoms with Gasteiger partial charge in [-0.15, -0.1) is 0 Å². The largest absolute Gasteiger partial charge is 0.493 e. The zero-order chi connectivity index (χ0) is 13.0. The standard InChI is InChI=1S/C14H20ClNO2/c1-17-12-6-5-11(13(15)14(12)18-2)8-10-4-3-7-16-9-10/h5-6,10,16H,3-4,7-9H2,1-2H3. The summed E-state index contributed by atoms with van der Waals surface area (Å²) >= 11 is 6.39. The van der Waals surface area contributed by atoms with Gasteiger partial charge in [0, 0.05) is 0 Å². The van der Waals surface area contributed by atoms with E-state index in [9.17, 15) is 0 Å². The summed E-state index contributed by atoms with van der Waals surface area (Å²) in [7, 11) is 3.24. The first kappa shape index (κ1) is 13.5. The summed E-state index contributed by atoms with van der Waals surface area (Å²) in [5, 5.41) is 4.11. The van der Waals surface area contributed by atoms with Crippen molar-refractivity contribution in [1.82, 2.24) is 5.32 Å². The van der Waals surface area contributed by atoms with Crippen LogP contribution in [0.25, 0.3) is 0 Å². The number of hydrogen-bond acceptors (Lipinski definition) is 3. The van der Waals surface area contributed by atoms with Gasteiger partial charge in [-0.25, -0.2) is 0 Å². The Balaban J connectivity index is 2.17. The topological polar surface area (TPSA) is 30.5 Å². The van der Waals surface area contributed by atoms with Crippen LogP contribution >= 0.6 is 11.6 Å². The van der Waals surface area contributed by atoms with E-state index in [4.69, 9.17) is 21.1 Å². The average molecular weight is 270 g/mol. The maximum Gasteiger partial charge on any atom is 0.179 e. The first-order valence-electron chi connectivity index (χ1n) is 6.36. The van der Waals surface area contributed by atoms with Crippen LogP contribution in [0.5, 0.6) is 11.5 Å². The van der Waals surface area contributed by atoms with E-state index in [1.54, 1.807) is 14.2 Å². The molecule has 1 atom stereocenters. The molecular formula is C14H20ClNO2. The average Bonchev–Trinajstić information content (AvgIpc) is 2.42. The fourth-order valence-corrected chi connectivity index (χ4v) is 2.81. The summed E-state index contributed by atoms with van der Waals surface area (Å²) in [6, 6.07) is 3.97. The molecule has 1 aliphatic heterocycles. The highest BCUT2D eigenvalue weighted by Crippen LogP contribution is 2.38. The van der Waals surface area contributed by atoms with Gasteiger partial charge in [0.15, 0.2) is 11.5 Å². The van der Waals surface area contributed by atoms with Crippen molar-refractivity contribution in [3.8, 4) is 11.5 Å². The molecule has 1 N–H and O–H groups in total. The summed E-state index contributed by atoms with van der Waals surface area (Å²) in [4.78, 5) is 0. The van der Waals surface area contributed by atoms with Crippen LogP contribution in [0.3, 0.4) is 0 Å². The van der Waals surface area contributed by atoms with Crippen LogP contribution in [0.1, 0.15) is 18.4 Å². The third kappa shape index (κ3) is 2.90. The highest BCUT2D eigenvalue weighted by Gasteiger charge is 2.18. The van der Waals surface area contributed by atoms with Gasteiger partial charge in [-0.1, -0.05) is 17.7 Å². The highest BCUT2D eigenvalue weighted by atomic mass is 35.5. The van der Waals surface area contributed by atoms with Crippen LogP contribution in [0.15, 0.2) is 12.1 Å². The second kappa shape index (κ2) is 6.30. The predicted molar refractivity (Wildman–Crippen MR) is 73.9 cm³/mol. The van der Waals surface area contributed by atoms with Gasteiger partial charge >= 0.3 is 0 Å². The summed E-state index contributed by atoms with van der Waals surface area (Å²) in [5.41, 5.74) is 1.14. The Kier molecular flexibility index (Phi) is 4.72. The van der Waals surface area contributed by atoms with Crippen molar-refractivity contribution in [2.45, 2.75) is 19.3 Å². The molecule has 2 rings (SSSR count). The Morgan fingerprint density at radius 2 is 2.17 bits per heavy atom. The molecular weight excluding hydrogens is 250 g/mol. The van der Waals surface area contributed by atoms with Gasteiger partial charge in [0.05, 0.1) is 19.2 Å². The fourth-order valence-electron chi connectivity index (χ4n) is 2.50.